The predicted octanol–water partition coefficient (Wildman–Crippen LogP) is 2.20. The van der Waals surface area contributed by atoms with E-state index in [9.17, 15) is 49.1 Å². The van der Waals surface area contributed by atoms with Gasteiger partial charge in [0.2, 0.25) is 5.91 Å². The van der Waals surface area contributed by atoms with Crippen LogP contribution >= 0.6 is 0 Å². The first kappa shape index (κ1) is 25.2. The highest BCUT2D eigenvalue weighted by Crippen LogP contribution is 2.50. The van der Waals surface area contributed by atoms with Crippen molar-refractivity contribution in [2.45, 2.75) is 50.0 Å². The lowest BCUT2D eigenvalue weighted by Crippen LogP contribution is -2.66. The molecule has 0 radical (unpaired) electrons. The van der Waals surface area contributed by atoms with E-state index in [2.05, 4.69) is 18.9 Å². The van der Waals surface area contributed by atoms with Crippen LogP contribution in [0.3, 0.4) is 0 Å². The molecule has 1 saturated heterocycles. The van der Waals surface area contributed by atoms with Crippen molar-refractivity contribution in [1.82, 2.24) is 5.32 Å². The fourth-order valence-electron chi connectivity index (χ4n) is 2.17. The first-order valence-electron chi connectivity index (χ1n) is 7.55. The van der Waals surface area contributed by atoms with Gasteiger partial charge in [0.15, 0.2) is 0 Å². The fourth-order valence-corrected chi connectivity index (χ4v) is 2.17. The summed E-state index contributed by atoms with van der Waals surface area (Å²) in [6, 6.07) is 0. The predicted molar refractivity (Wildman–Crippen MR) is 70.9 cm³/mol. The van der Waals surface area contributed by atoms with E-state index in [-0.39, 0.29) is 0 Å². The van der Waals surface area contributed by atoms with E-state index in [0.717, 1.165) is 12.2 Å². The Morgan fingerprint density at radius 3 is 1.93 bits per heavy atom. The molecular formula is C13H14F9NO6. The summed E-state index contributed by atoms with van der Waals surface area (Å²) in [5.74, 6) is -8.74. The average Bonchev–Trinajstić information content (AvgIpc) is 2.95. The Hall–Kier alpha value is -1.81. The van der Waals surface area contributed by atoms with E-state index in [1.807, 2.05) is 0 Å². The number of carbonyl (C=O) groups is 2. The summed E-state index contributed by atoms with van der Waals surface area (Å²) in [4.78, 5) is 22.9. The van der Waals surface area contributed by atoms with Gasteiger partial charge in [-0.2, -0.15) is 39.5 Å². The lowest BCUT2D eigenvalue weighted by molar-refractivity contribution is -0.444. The van der Waals surface area contributed by atoms with Gasteiger partial charge in [-0.05, 0) is 6.92 Å². The molecule has 29 heavy (non-hydrogen) atoms. The molecular weight excluding hydrogens is 437 g/mol. The van der Waals surface area contributed by atoms with Crippen molar-refractivity contribution in [2.75, 3.05) is 19.8 Å². The van der Waals surface area contributed by atoms with Gasteiger partial charge in [-0.3, -0.25) is 4.79 Å². The summed E-state index contributed by atoms with van der Waals surface area (Å²) >= 11 is 0. The average molecular weight is 451 g/mol. The molecule has 0 aromatic rings. The van der Waals surface area contributed by atoms with Crippen molar-refractivity contribution in [3.63, 3.8) is 0 Å². The van der Waals surface area contributed by atoms with Crippen LogP contribution in [0.5, 0.6) is 0 Å². The van der Waals surface area contributed by atoms with Crippen molar-refractivity contribution in [1.29, 1.82) is 0 Å². The third-order valence-corrected chi connectivity index (χ3v) is 3.35. The van der Waals surface area contributed by atoms with Gasteiger partial charge in [0.05, 0.1) is 19.8 Å². The lowest BCUT2D eigenvalue weighted by atomic mass is 10.2. The molecule has 2 atom stereocenters. The number of alkyl halides is 9. The molecule has 0 unspecified atom stereocenters. The molecule has 1 aliphatic rings. The molecule has 0 spiro atoms. The van der Waals surface area contributed by atoms with Gasteiger partial charge in [-0.15, -0.1) is 0 Å². The Balaban J connectivity index is 3.15. The number of amides is 1. The van der Waals surface area contributed by atoms with E-state index in [4.69, 9.17) is 0 Å². The number of esters is 1. The minimum absolute atomic E-state index is 0.552. The quantitative estimate of drug-likeness (QED) is 0.379. The second-order valence-electron chi connectivity index (χ2n) is 5.55. The monoisotopic (exact) mass is 451 g/mol. The molecule has 1 heterocycles. The van der Waals surface area contributed by atoms with Crippen molar-refractivity contribution < 1.29 is 68.1 Å². The van der Waals surface area contributed by atoms with E-state index in [0.29, 0.717) is 6.92 Å². The molecule has 1 N–H and O–H groups in total. The maximum Gasteiger partial charge on any atom is 0.453 e. The summed E-state index contributed by atoms with van der Waals surface area (Å²) in [5, 5.41) is 1.12. The number of halogens is 9. The van der Waals surface area contributed by atoms with E-state index < -0.39 is 67.8 Å². The van der Waals surface area contributed by atoms with Crippen LogP contribution in [0.4, 0.5) is 39.5 Å². The molecule has 16 heteroatoms. The normalized spacial score (nSPS) is 22.1. The second-order valence-corrected chi connectivity index (χ2v) is 5.55. The third kappa shape index (κ3) is 4.85. The van der Waals surface area contributed by atoms with E-state index in [1.165, 1.54) is 0 Å². The SMILES string of the molecule is CCOC(=O)[C@@](NC(C)=O)(OC[C@H]1COC(C(F)(F)F)(C(F)(F)F)O1)C(F)(F)F. The van der Waals surface area contributed by atoms with Crippen molar-refractivity contribution >= 4 is 11.9 Å². The summed E-state index contributed by atoms with van der Waals surface area (Å²) in [6.07, 6.45) is -20.3. The van der Waals surface area contributed by atoms with Gasteiger partial charge in [0.25, 0.3) is 0 Å². The van der Waals surface area contributed by atoms with E-state index in [1.54, 1.807) is 0 Å². The standard InChI is InChI=1S/C13H14F9NO6/c1-3-26-8(25)9(11(14,15)16,23-6(2)24)27-4-7-5-28-10(29-7,12(17,18)19)13(20,21)22/h7H,3-5H2,1-2H3,(H,23,24)/t7-,9+/m0/s1. The van der Waals surface area contributed by atoms with Crippen LogP contribution in [0.25, 0.3) is 0 Å². The van der Waals surface area contributed by atoms with E-state index >= 15 is 0 Å². The minimum atomic E-state index is -6.13. The summed E-state index contributed by atoms with van der Waals surface area (Å²) in [5.41, 5.74) is -4.19. The molecule has 0 saturated carbocycles. The number of nitrogens with one attached hydrogen (secondary N) is 1. The molecule has 0 bridgehead atoms. The molecule has 1 aliphatic heterocycles. The zero-order chi connectivity index (χ0) is 22.9. The highest BCUT2D eigenvalue weighted by molar-refractivity contribution is 5.86. The molecule has 170 valence electrons. The number of hydrogen-bond acceptors (Lipinski definition) is 6. The second kappa shape index (κ2) is 8.14. The smallest absolute Gasteiger partial charge is 0.453 e. The summed E-state index contributed by atoms with van der Waals surface area (Å²) < 4.78 is 133. The van der Waals surface area contributed by atoms with Crippen LogP contribution in [0.15, 0.2) is 0 Å². The molecule has 1 amide bonds. The highest BCUT2D eigenvalue weighted by atomic mass is 19.4. The van der Waals surface area contributed by atoms with Crippen LogP contribution in [0, 0.1) is 0 Å². The zero-order valence-corrected chi connectivity index (χ0v) is 14.5. The van der Waals surface area contributed by atoms with Gasteiger partial charge in [-0.25, -0.2) is 4.79 Å². The molecule has 0 aliphatic carbocycles. The maximum absolute atomic E-state index is 13.4. The minimum Gasteiger partial charge on any atom is -0.462 e. The Morgan fingerprint density at radius 2 is 1.59 bits per heavy atom. The number of rotatable bonds is 6. The number of hydrogen-bond donors (Lipinski definition) is 1. The molecule has 7 nitrogen and oxygen atoms in total. The van der Waals surface area contributed by atoms with Gasteiger partial charge < -0.3 is 24.3 Å². The van der Waals surface area contributed by atoms with Gasteiger partial charge >= 0.3 is 36.0 Å². The molecule has 1 rings (SSSR count). The Kier molecular flexibility index (Phi) is 7.08. The number of ether oxygens (including phenoxy) is 4. The zero-order valence-electron chi connectivity index (χ0n) is 14.5. The first-order valence-corrected chi connectivity index (χ1v) is 7.55. The molecule has 1 fully saturated rings. The lowest BCUT2D eigenvalue weighted by Gasteiger charge is -2.34. The maximum atomic E-state index is 13.4. The van der Waals surface area contributed by atoms with Crippen LogP contribution in [-0.4, -0.2) is 67.8 Å². The largest absolute Gasteiger partial charge is 0.462 e. The van der Waals surface area contributed by atoms with Crippen LogP contribution in [0.1, 0.15) is 13.8 Å². The first-order chi connectivity index (χ1) is 12.9. The van der Waals surface area contributed by atoms with Crippen molar-refractivity contribution in [2.24, 2.45) is 0 Å². The van der Waals surface area contributed by atoms with Crippen LogP contribution in [-0.2, 0) is 28.5 Å². The Bertz CT molecular complexity index is 603. The van der Waals surface area contributed by atoms with Gasteiger partial charge in [-0.1, -0.05) is 0 Å². The van der Waals surface area contributed by atoms with Crippen LogP contribution in [0.2, 0.25) is 0 Å². The summed E-state index contributed by atoms with van der Waals surface area (Å²) in [6.45, 7) is -2.09. The summed E-state index contributed by atoms with van der Waals surface area (Å²) in [7, 11) is 0. The topological polar surface area (TPSA) is 83.1 Å². The molecule has 0 aromatic heterocycles. The Morgan fingerprint density at radius 1 is 1.07 bits per heavy atom. The number of carbonyl (C=O) groups excluding carboxylic acids is 2. The third-order valence-electron chi connectivity index (χ3n) is 3.35. The molecule has 0 aromatic carbocycles. The highest BCUT2D eigenvalue weighted by Gasteiger charge is 2.77. The van der Waals surface area contributed by atoms with Gasteiger partial charge in [0, 0.05) is 6.92 Å². The Labute approximate surface area is 156 Å². The van der Waals surface area contributed by atoms with Crippen molar-refractivity contribution in [3.8, 4) is 0 Å². The fraction of sp³-hybridized carbons (Fsp3) is 0.846. The van der Waals surface area contributed by atoms with Gasteiger partial charge in [0.1, 0.15) is 6.10 Å². The van der Waals surface area contributed by atoms with Crippen LogP contribution < -0.4 is 5.32 Å². The van der Waals surface area contributed by atoms with Crippen molar-refractivity contribution in [3.05, 3.63) is 0 Å².